The molecule has 0 saturated carbocycles. The lowest BCUT2D eigenvalue weighted by molar-refractivity contribution is -0.128. The standard InChI is InChI=1S/C10H13NO2/c1-8(12)11(2)7-9-4-3-5-10(13)6-9/h3-6,13H,7H2,1-2H3. The molecule has 0 fully saturated rings. The Morgan fingerprint density at radius 3 is 2.77 bits per heavy atom. The monoisotopic (exact) mass is 179 g/mol. The molecule has 0 atom stereocenters. The van der Waals surface area contributed by atoms with Crippen molar-refractivity contribution >= 4 is 5.91 Å². The summed E-state index contributed by atoms with van der Waals surface area (Å²) in [6, 6.07) is 6.90. The van der Waals surface area contributed by atoms with Crippen molar-refractivity contribution in [1.82, 2.24) is 4.90 Å². The van der Waals surface area contributed by atoms with Crippen LogP contribution in [0.15, 0.2) is 24.3 Å². The van der Waals surface area contributed by atoms with E-state index >= 15 is 0 Å². The Labute approximate surface area is 77.6 Å². The van der Waals surface area contributed by atoms with Crippen LogP contribution in [0.5, 0.6) is 5.75 Å². The van der Waals surface area contributed by atoms with Gasteiger partial charge in [0.2, 0.25) is 5.91 Å². The number of amides is 1. The first kappa shape index (κ1) is 9.58. The molecular formula is C10H13NO2. The highest BCUT2D eigenvalue weighted by Crippen LogP contribution is 2.12. The number of carbonyl (C=O) groups is 1. The highest BCUT2D eigenvalue weighted by Gasteiger charge is 2.02. The quantitative estimate of drug-likeness (QED) is 0.744. The van der Waals surface area contributed by atoms with Gasteiger partial charge in [0.05, 0.1) is 0 Å². The summed E-state index contributed by atoms with van der Waals surface area (Å²) in [4.78, 5) is 12.5. The van der Waals surface area contributed by atoms with E-state index in [1.54, 1.807) is 30.1 Å². The Morgan fingerprint density at radius 1 is 1.54 bits per heavy atom. The fraction of sp³-hybridized carbons (Fsp3) is 0.300. The van der Waals surface area contributed by atoms with E-state index < -0.39 is 0 Å². The molecule has 0 saturated heterocycles. The third-order valence-corrected chi connectivity index (χ3v) is 1.87. The van der Waals surface area contributed by atoms with Crippen molar-refractivity contribution in [3.63, 3.8) is 0 Å². The molecule has 0 heterocycles. The second-order valence-corrected chi connectivity index (χ2v) is 3.04. The maximum absolute atomic E-state index is 10.9. The van der Waals surface area contributed by atoms with Gasteiger partial charge < -0.3 is 10.0 Å². The van der Waals surface area contributed by atoms with Crippen molar-refractivity contribution in [3.05, 3.63) is 29.8 Å². The van der Waals surface area contributed by atoms with E-state index in [4.69, 9.17) is 5.11 Å². The van der Waals surface area contributed by atoms with Gasteiger partial charge >= 0.3 is 0 Å². The normalized spacial score (nSPS) is 9.69. The van der Waals surface area contributed by atoms with E-state index in [2.05, 4.69) is 0 Å². The van der Waals surface area contributed by atoms with Crippen LogP contribution in [0, 0.1) is 0 Å². The summed E-state index contributed by atoms with van der Waals surface area (Å²) in [5.41, 5.74) is 0.928. The van der Waals surface area contributed by atoms with E-state index in [-0.39, 0.29) is 11.7 Å². The Balaban J connectivity index is 2.69. The molecule has 0 aliphatic heterocycles. The average Bonchev–Trinajstić information content (AvgIpc) is 2.04. The van der Waals surface area contributed by atoms with Gasteiger partial charge in [0, 0.05) is 20.5 Å². The van der Waals surface area contributed by atoms with Crippen molar-refractivity contribution < 1.29 is 9.90 Å². The second-order valence-electron chi connectivity index (χ2n) is 3.04. The van der Waals surface area contributed by atoms with Crippen LogP contribution >= 0.6 is 0 Å². The predicted octanol–water partition coefficient (Wildman–Crippen LogP) is 1.37. The molecule has 0 aliphatic rings. The summed E-state index contributed by atoms with van der Waals surface area (Å²) in [6.07, 6.45) is 0. The zero-order chi connectivity index (χ0) is 9.84. The van der Waals surface area contributed by atoms with Crippen LogP contribution in [0.2, 0.25) is 0 Å². The number of aromatic hydroxyl groups is 1. The summed E-state index contributed by atoms with van der Waals surface area (Å²) in [5.74, 6) is 0.248. The minimum atomic E-state index is 0.0170. The number of phenols is 1. The predicted molar refractivity (Wildman–Crippen MR) is 50.3 cm³/mol. The lowest BCUT2D eigenvalue weighted by Gasteiger charge is -2.14. The van der Waals surface area contributed by atoms with Gasteiger partial charge in [-0.05, 0) is 17.7 Å². The minimum Gasteiger partial charge on any atom is -0.508 e. The molecule has 3 heteroatoms. The maximum Gasteiger partial charge on any atom is 0.219 e. The van der Waals surface area contributed by atoms with Gasteiger partial charge in [0.15, 0.2) is 0 Å². The van der Waals surface area contributed by atoms with Crippen LogP contribution in [0.25, 0.3) is 0 Å². The van der Waals surface area contributed by atoms with E-state index in [9.17, 15) is 4.79 Å². The van der Waals surface area contributed by atoms with Gasteiger partial charge in [-0.3, -0.25) is 4.79 Å². The average molecular weight is 179 g/mol. The highest BCUT2D eigenvalue weighted by atomic mass is 16.3. The number of nitrogens with zero attached hydrogens (tertiary/aromatic N) is 1. The molecule has 1 amide bonds. The molecule has 0 spiro atoms. The second kappa shape index (κ2) is 3.94. The lowest BCUT2D eigenvalue weighted by atomic mass is 10.2. The van der Waals surface area contributed by atoms with Gasteiger partial charge in [-0.2, -0.15) is 0 Å². The lowest BCUT2D eigenvalue weighted by Crippen LogP contribution is -2.22. The molecule has 0 aliphatic carbocycles. The third-order valence-electron chi connectivity index (χ3n) is 1.87. The van der Waals surface area contributed by atoms with Gasteiger partial charge in [0.1, 0.15) is 5.75 Å². The molecule has 13 heavy (non-hydrogen) atoms. The smallest absolute Gasteiger partial charge is 0.219 e. The van der Waals surface area contributed by atoms with Crippen LogP contribution in [-0.2, 0) is 11.3 Å². The zero-order valence-corrected chi connectivity index (χ0v) is 7.82. The molecule has 0 aromatic heterocycles. The van der Waals surface area contributed by atoms with E-state index in [1.807, 2.05) is 6.07 Å². The fourth-order valence-electron chi connectivity index (χ4n) is 1.04. The van der Waals surface area contributed by atoms with E-state index in [0.29, 0.717) is 6.54 Å². The Hall–Kier alpha value is -1.51. The first-order valence-electron chi connectivity index (χ1n) is 4.09. The topological polar surface area (TPSA) is 40.5 Å². The SMILES string of the molecule is CC(=O)N(C)Cc1cccc(O)c1. The van der Waals surface area contributed by atoms with Crippen LogP contribution in [0.4, 0.5) is 0 Å². The molecule has 1 rings (SSSR count). The fourth-order valence-corrected chi connectivity index (χ4v) is 1.04. The molecule has 0 unspecified atom stereocenters. The Morgan fingerprint density at radius 2 is 2.23 bits per heavy atom. The van der Waals surface area contributed by atoms with Gasteiger partial charge in [-0.1, -0.05) is 12.1 Å². The number of carbonyl (C=O) groups excluding carboxylic acids is 1. The first-order chi connectivity index (χ1) is 6.09. The van der Waals surface area contributed by atoms with Crippen molar-refractivity contribution in [2.45, 2.75) is 13.5 Å². The summed E-state index contributed by atoms with van der Waals surface area (Å²) >= 11 is 0. The van der Waals surface area contributed by atoms with E-state index in [1.165, 1.54) is 6.92 Å². The molecular weight excluding hydrogens is 166 g/mol. The Bertz CT molecular complexity index is 310. The minimum absolute atomic E-state index is 0.0170. The van der Waals surface area contributed by atoms with Gasteiger partial charge in [-0.15, -0.1) is 0 Å². The van der Waals surface area contributed by atoms with Gasteiger partial charge in [0.25, 0.3) is 0 Å². The van der Waals surface area contributed by atoms with Crippen molar-refractivity contribution in [2.24, 2.45) is 0 Å². The van der Waals surface area contributed by atoms with Crippen molar-refractivity contribution in [1.29, 1.82) is 0 Å². The molecule has 3 nitrogen and oxygen atoms in total. The number of hydrogen-bond donors (Lipinski definition) is 1. The first-order valence-corrected chi connectivity index (χ1v) is 4.09. The zero-order valence-electron chi connectivity index (χ0n) is 7.82. The molecule has 1 N–H and O–H groups in total. The van der Waals surface area contributed by atoms with Crippen molar-refractivity contribution in [3.8, 4) is 5.75 Å². The van der Waals surface area contributed by atoms with E-state index in [0.717, 1.165) is 5.56 Å². The highest BCUT2D eigenvalue weighted by molar-refractivity contribution is 5.72. The summed E-state index contributed by atoms with van der Waals surface area (Å²) in [7, 11) is 1.73. The summed E-state index contributed by atoms with van der Waals surface area (Å²) < 4.78 is 0. The number of hydrogen-bond acceptors (Lipinski definition) is 2. The van der Waals surface area contributed by atoms with Crippen LogP contribution < -0.4 is 0 Å². The molecule has 70 valence electrons. The maximum atomic E-state index is 10.9. The third kappa shape index (κ3) is 2.78. The number of phenolic OH excluding ortho intramolecular Hbond substituents is 1. The largest absolute Gasteiger partial charge is 0.508 e. The van der Waals surface area contributed by atoms with Crippen LogP contribution in [0.1, 0.15) is 12.5 Å². The van der Waals surface area contributed by atoms with Crippen LogP contribution in [-0.4, -0.2) is 23.0 Å². The van der Waals surface area contributed by atoms with Gasteiger partial charge in [-0.25, -0.2) is 0 Å². The molecule has 0 bridgehead atoms. The van der Waals surface area contributed by atoms with Crippen LogP contribution in [0.3, 0.4) is 0 Å². The summed E-state index contributed by atoms with van der Waals surface area (Å²) in [6.45, 7) is 2.05. The molecule has 0 radical (unpaired) electrons. The number of benzene rings is 1. The molecule has 1 aromatic rings. The Kier molecular flexibility index (Phi) is 2.90. The van der Waals surface area contributed by atoms with Crippen molar-refractivity contribution in [2.75, 3.05) is 7.05 Å². The molecule has 1 aromatic carbocycles. The summed E-state index contributed by atoms with van der Waals surface area (Å²) in [5, 5.41) is 9.16. The number of rotatable bonds is 2.